The first-order chi connectivity index (χ1) is 13.8. The number of amides is 1. The number of hydrogen-bond acceptors (Lipinski definition) is 5. The van der Waals surface area contributed by atoms with Gasteiger partial charge in [0.25, 0.3) is 0 Å². The Hall–Kier alpha value is -2.78. The molecule has 0 radical (unpaired) electrons. The normalized spacial score (nSPS) is 16.1. The van der Waals surface area contributed by atoms with Gasteiger partial charge in [0.2, 0.25) is 15.9 Å². The maximum Gasteiger partial charge on any atom is 0.244 e. The lowest BCUT2D eigenvalue weighted by molar-refractivity contribution is -0.117. The Morgan fingerprint density at radius 2 is 2.07 bits per heavy atom. The van der Waals surface area contributed by atoms with Crippen molar-refractivity contribution in [2.24, 2.45) is 0 Å². The first-order valence-electron chi connectivity index (χ1n) is 9.12. The van der Waals surface area contributed by atoms with E-state index in [0.717, 1.165) is 0 Å². The van der Waals surface area contributed by atoms with Crippen molar-refractivity contribution in [3.63, 3.8) is 0 Å². The van der Waals surface area contributed by atoms with Crippen LogP contribution in [0.5, 0.6) is 11.5 Å². The second-order valence-corrected chi connectivity index (χ2v) is 8.74. The van der Waals surface area contributed by atoms with Gasteiger partial charge in [-0.15, -0.1) is 0 Å². The molecule has 0 unspecified atom stereocenters. The molecule has 0 aliphatic carbocycles. The third kappa shape index (κ3) is 6.10. The summed E-state index contributed by atoms with van der Waals surface area (Å²) < 4.78 is 44.1. The van der Waals surface area contributed by atoms with Crippen LogP contribution in [0, 0.1) is 5.82 Å². The van der Waals surface area contributed by atoms with Crippen molar-refractivity contribution < 1.29 is 22.3 Å². The number of benzene rings is 1. The number of hydrogen-bond donors (Lipinski definition) is 1. The molecule has 3 rings (SSSR count). The Morgan fingerprint density at radius 1 is 1.31 bits per heavy atom. The highest BCUT2D eigenvalue weighted by molar-refractivity contribution is 7.88. The van der Waals surface area contributed by atoms with Crippen molar-refractivity contribution in [1.82, 2.24) is 14.6 Å². The van der Waals surface area contributed by atoms with Gasteiger partial charge >= 0.3 is 0 Å². The Bertz CT molecular complexity index is 988. The number of nitrogens with zero attached hydrogens (tertiary/aromatic N) is 2. The summed E-state index contributed by atoms with van der Waals surface area (Å²) in [4.78, 5) is 16.0. The van der Waals surface area contributed by atoms with Crippen molar-refractivity contribution in [3.05, 3.63) is 60.2 Å². The molecule has 154 valence electrons. The molecule has 29 heavy (non-hydrogen) atoms. The molecule has 2 aromatic rings. The summed E-state index contributed by atoms with van der Waals surface area (Å²) in [5.41, 5.74) is 0.517. The number of pyridine rings is 1. The molecule has 1 aliphatic rings. The number of aromatic nitrogens is 1. The molecule has 0 bridgehead atoms. The van der Waals surface area contributed by atoms with Gasteiger partial charge in [0.15, 0.2) is 11.6 Å². The molecule has 1 amide bonds. The molecule has 0 spiro atoms. The molecule has 0 atom stereocenters. The van der Waals surface area contributed by atoms with Crippen LogP contribution >= 0.6 is 0 Å². The zero-order chi connectivity index (χ0) is 20.9. The van der Waals surface area contributed by atoms with Crippen LogP contribution in [0.15, 0.2) is 48.8 Å². The standard InChI is InChI=1S/C20H22FN3O4S/c1-29(26,27)24-11-8-16(9-12-24)23-20(25)7-5-15-4-6-19(18(21)13-15)28-17-3-2-10-22-14-17/h2-7,10,13-14,16H,8-9,11-12H2,1H3,(H,23,25)/b7-5+. The second-order valence-electron chi connectivity index (χ2n) is 6.76. The van der Waals surface area contributed by atoms with Gasteiger partial charge in [-0.05, 0) is 48.7 Å². The van der Waals surface area contributed by atoms with Crippen LogP contribution in [0.1, 0.15) is 18.4 Å². The molecule has 1 fully saturated rings. The van der Waals surface area contributed by atoms with E-state index in [2.05, 4.69) is 10.3 Å². The molecule has 7 nitrogen and oxygen atoms in total. The van der Waals surface area contributed by atoms with Gasteiger partial charge in [0, 0.05) is 31.4 Å². The highest BCUT2D eigenvalue weighted by Gasteiger charge is 2.25. The van der Waals surface area contributed by atoms with E-state index in [9.17, 15) is 17.6 Å². The van der Waals surface area contributed by atoms with Crippen LogP contribution in [0.25, 0.3) is 6.08 Å². The van der Waals surface area contributed by atoms with Gasteiger partial charge < -0.3 is 10.1 Å². The van der Waals surface area contributed by atoms with Crippen molar-refractivity contribution in [1.29, 1.82) is 0 Å². The van der Waals surface area contributed by atoms with Crippen molar-refractivity contribution in [2.75, 3.05) is 19.3 Å². The summed E-state index contributed by atoms with van der Waals surface area (Å²) in [5, 5.41) is 2.85. The topological polar surface area (TPSA) is 88.6 Å². The van der Waals surface area contributed by atoms with Gasteiger partial charge in [-0.25, -0.2) is 17.1 Å². The highest BCUT2D eigenvalue weighted by Crippen LogP contribution is 2.24. The highest BCUT2D eigenvalue weighted by atomic mass is 32.2. The van der Waals surface area contributed by atoms with Crippen LogP contribution in [0.3, 0.4) is 0 Å². The van der Waals surface area contributed by atoms with Crippen LogP contribution in [0.4, 0.5) is 4.39 Å². The summed E-state index contributed by atoms with van der Waals surface area (Å²) in [6.45, 7) is 0.772. The number of carbonyl (C=O) groups is 1. The summed E-state index contributed by atoms with van der Waals surface area (Å²) in [6.07, 6.45) is 8.22. The molecule has 1 aromatic carbocycles. The minimum Gasteiger partial charge on any atom is -0.453 e. The van der Waals surface area contributed by atoms with Gasteiger partial charge in [-0.3, -0.25) is 9.78 Å². The van der Waals surface area contributed by atoms with Crippen LogP contribution < -0.4 is 10.1 Å². The van der Waals surface area contributed by atoms with E-state index in [4.69, 9.17) is 4.74 Å². The molecule has 1 aliphatic heterocycles. The number of nitrogens with one attached hydrogen (secondary N) is 1. The fraction of sp³-hybridized carbons (Fsp3) is 0.300. The molecule has 9 heteroatoms. The minimum atomic E-state index is -3.19. The Kier molecular flexibility index (Phi) is 6.60. The van der Waals surface area contributed by atoms with Crippen molar-refractivity contribution >= 4 is 22.0 Å². The average molecular weight is 419 g/mol. The molecule has 1 N–H and O–H groups in total. The van der Waals surface area contributed by atoms with Gasteiger partial charge in [-0.1, -0.05) is 6.07 Å². The van der Waals surface area contributed by atoms with Crippen molar-refractivity contribution in [3.8, 4) is 11.5 Å². The van der Waals surface area contributed by atoms with E-state index in [1.165, 1.54) is 41.0 Å². The third-order valence-corrected chi connectivity index (χ3v) is 5.82. The number of halogens is 1. The zero-order valence-corrected chi connectivity index (χ0v) is 16.7. The van der Waals surface area contributed by atoms with E-state index < -0.39 is 15.8 Å². The minimum absolute atomic E-state index is 0.0669. The lowest BCUT2D eigenvalue weighted by Gasteiger charge is -2.30. The predicted octanol–water partition coefficient (Wildman–Crippen LogP) is 2.57. The SMILES string of the molecule is CS(=O)(=O)N1CCC(NC(=O)/C=C/c2ccc(Oc3cccnc3)c(F)c2)CC1. The third-order valence-electron chi connectivity index (χ3n) is 4.51. The van der Waals surface area contributed by atoms with E-state index in [1.54, 1.807) is 24.4 Å². The van der Waals surface area contributed by atoms with Crippen molar-refractivity contribution in [2.45, 2.75) is 18.9 Å². The fourth-order valence-electron chi connectivity index (χ4n) is 2.99. The first kappa shape index (κ1) is 20.9. The Labute approximate surface area is 169 Å². The van der Waals surface area contributed by atoms with E-state index in [0.29, 0.717) is 37.2 Å². The summed E-state index contributed by atoms with van der Waals surface area (Å²) >= 11 is 0. The number of rotatable bonds is 6. The number of piperidine rings is 1. The number of carbonyl (C=O) groups excluding carboxylic acids is 1. The zero-order valence-electron chi connectivity index (χ0n) is 15.9. The summed E-state index contributed by atoms with van der Waals surface area (Å²) in [6, 6.07) is 7.68. The first-order valence-corrected chi connectivity index (χ1v) is 11.0. The largest absolute Gasteiger partial charge is 0.453 e. The Morgan fingerprint density at radius 3 is 2.69 bits per heavy atom. The van der Waals surface area contributed by atoms with Gasteiger partial charge in [0.1, 0.15) is 5.75 Å². The second kappa shape index (κ2) is 9.15. The van der Waals surface area contributed by atoms with E-state index in [1.807, 2.05) is 0 Å². The number of sulfonamides is 1. The van der Waals surface area contributed by atoms with Gasteiger partial charge in [-0.2, -0.15) is 0 Å². The maximum absolute atomic E-state index is 14.2. The summed E-state index contributed by atoms with van der Waals surface area (Å²) in [7, 11) is -3.19. The molecule has 2 heterocycles. The van der Waals surface area contributed by atoms with Gasteiger partial charge in [0.05, 0.1) is 12.5 Å². The lowest BCUT2D eigenvalue weighted by atomic mass is 10.1. The monoisotopic (exact) mass is 419 g/mol. The molecule has 1 aromatic heterocycles. The van der Waals surface area contributed by atoms with Crippen LogP contribution in [0.2, 0.25) is 0 Å². The van der Waals surface area contributed by atoms with E-state index >= 15 is 0 Å². The average Bonchev–Trinajstić information content (AvgIpc) is 2.69. The lowest BCUT2D eigenvalue weighted by Crippen LogP contribution is -2.45. The fourth-order valence-corrected chi connectivity index (χ4v) is 3.87. The van der Waals surface area contributed by atoms with Crippen LogP contribution in [-0.2, 0) is 14.8 Å². The summed E-state index contributed by atoms with van der Waals surface area (Å²) in [5.74, 6) is -0.364. The van der Waals surface area contributed by atoms with E-state index in [-0.39, 0.29) is 17.7 Å². The molecule has 1 saturated heterocycles. The molecular formula is C20H22FN3O4S. The number of ether oxygens (including phenoxy) is 1. The quantitative estimate of drug-likeness (QED) is 0.727. The predicted molar refractivity (Wildman–Crippen MR) is 107 cm³/mol. The molecule has 0 saturated carbocycles. The van der Waals surface area contributed by atoms with Crippen LogP contribution in [-0.4, -0.2) is 49.0 Å². The smallest absolute Gasteiger partial charge is 0.244 e. The Balaban J connectivity index is 1.53. The molecular weight excluding hydrogens is 397 g/mol. The maximum atomic E-state index is 14.2.